The maximum absolute atomic E-state index is 12.1. The summed E-state index contributed by atoms with van der Waals surface area (Å²) in [5, 5.41) is 5.70. The fraction of sp³-hybridized carbons (Fsp3) is 0.818. The molecular formula is C11H19N3O2. The van der Waals surface area contributed by atoms with Crippen molar-refractivity contribution in [1.82, 2.24) is 15.5 Å². The van der Waals surface area contributed by atoms with Gasteiger partial charge >= 0.3 is 0 Å². The summed E-state index contributed by atoms with van der Waals surface area (Å²) < 4.78 is 0. The third-order valence-electron chi connectivity index (χ3n) is 3.23. The first-order chi connectivity index (χ1) is 7.77. The quantitative estimate of drug-likeness (QED) is 0.631. The largest absolute Gasteiger partial charge is 0.353 e. The van der Waals surface area contributed by atoms with Gasteiger partial charge in [0.05, 0.1) is 6.54 Å². The lowest BCUT2D eigenvalue weighted by molar-refractivity contribution is -0.134. The molecule has 2 aliphatic rings. The Morgan fingerprint density at radius 1 is 1.19 bits per heavy atom. The lowest BCUT2D eigenvalue weighted by atomic mass is 10.2. The first-order valence-electron chi connectivity index (χ1n) is 6.06. The molecule has 2 amide bonds. The highest BCUT2D eigenvalue weighted by Gasteiger charge is 2.27. The number of piperazine rings is 1. The predicted octanol–water partition coefficient (Wildman–Crippen LogP) is -0.523. The molecule has 0 aromatic rings. The van der Waals surface area contributed by atoms with E-state index in [1.54, 1.807) is 0 Å². The molecule has 0 saturated carbocycles. The van der Waals surface area contributed by atoms with E-state index in [1.165, 1.54) is 12.8 Å². The molecule has 0 bridgehead atoms. The summed E-state index contributed by atoms with van der Waals surface area (Å²) in [6.45, 7) is 2.41. The van der Waals surface area contributed by atoms with Crippen LogP contribution in [0.4, 0.5) is 0 Å². The molecule has 0 radical (unpaired) electrons. The monoisotopic (exact) mass is 225 g/mol. The zero-order valence-electron chi connectivity index (χ0n) is 9.50. The van der Waals surface area contributed by atoms with Crippen molar-refractivity contribution in [1.29, 1.82) is 0 Å². The molecule has 5 heteroatoms. The van der Waals surface area contributed by atoms with E-state index in [4.69, 9.17) is 0 Å². The van der Waals surface area contributed by atoms with E-state index in [2.05, 4.69) is 10.6 Å². The SMILES string of the molecule is O=C1CNC(C(=O)N2CCCCCC2)CN1. The van der Waals surface area contributed by atoms with E-state index in [0.717, 1.165) is 25.9 Å². The van der Waals surface area contributed by atoms with Gasteiger partial charge in [0.2, 0.25) is 11.8 Å². The van der Waals surface area contributed by atoms with E-state index < -0.39 is 0 Å². The average molecular weight is 225 g/mol. The lowest BCUT2D eigenvalue weighted by Crippen LogP contribution is -2.58. The molecule has 1 unspecified atom stereocenters. The van der Waals surface area contributed by atoms with Crippen molar-refractivity contribution >= 4 is 11.8 Å². The number of hydrogen-bond donors (Lipinski definition) is 2. The number of hydrogen-bond acceptors (Lipinski definition) is 3. The maximum atomic E-state index is 12.1. The normalized spacial score (nSPS) is 27.1. The molecule has 2 saturated heterocycles. The van der Waals surface area contributed by atoms with Crippen molar-refractivity contribution in [2.24, 2.45) is 0 Å². The summed E-state index contributed by atoms with van der Waals surface area (Å²) in [7, 11) is 0. The van der Waals surface area contributed by atoms with E-state index in [-0.39, 0.29) is 24.4 Å². The molecule has 0 aromatic carbocycles. The van der Waals surface area contributed by atoms with Gasteiger partial charge < -0.3 is 10.2 Å². The van der Waals surface area contributed by atoms with Crippen LogP contribution in [0.15, 0.2) is 0 Å². The molecule has 16 heavy (non-hydrogen) atoms. The summed E-state index contributed by atoms with van der Waals surface area (Å²) in [4.78, 5) is 25.0. The van der Waals surface area contributed by atoms with Crippen LogP contribution in [-0.2, 0) is 9.59 Å². The molecular weight excluding hydrogens is 206 g/mol. The van der Waals surface area contributed by atoms with Crippen LogP contribution in [0.3, 0.4) is 0 Å². The van der Waals surface area contributed by atoms with E-state index in [0.29, 0.717) is 6.54 Å². The minimum absolute atomic E-state index is 0.0279. The highest BCUT2D eigenvalue weighted by molar-refractivity contribution is 5.86. The Morgan fingerprint density at radius 2 is 1.88 bits per heavy atom. The van der Waals surface area contributed by atoms with Gasteiger partial charge in [-0.1, -0.05) is 12.8 Å². The van der Waals surface area contributed by atoms with Crippen LogP contribution < -0.4 is 10.6 Å². The number of likely N-dealkylation sites (tertiary alicyclic amines) is 1. The van der Waals surface area contributed by atoms with Gasteiger partial charge in [-0.05, 0) is 12.8 Å². The Hall–Kier alpha value is -1.10. The highest BCUT2D eigenvalue weighted by atomic mass is 16.2. The number of carbonyl (C=O) groups excluding carboxylic acids is 2. The Morgan fingerprint density at radius 3 is 2.44 bits per heavy atom. The minimum Gasteiger partial charge on any atom is -0.353 e. The molecule has 0 spiro atoms. The van der Waals surface area contributed by atoms with Crippen molar-refractivity contribution in [3.63, 3.8) is 0 Å². The van der Waals surface area contributed by atoms with Crippen molar-refractivity contribution in [3.8, 4) is 0 Å². The molecule has 1 atom stereocenters. The van der Waals surface area contributed by atoms with Crippen molar-refractivity contribution in [2.45, 2.75) is 31.7 Å². The standard InChI is InChI=1S/C11H19N3O2/c15-10-8-12-9(7-13-10)11(16)14-5-3-1-2-4-6-14/h9,12H,1-8H2,(H,13,15). The molecule has 2 heterocycles. The van der Waals surface area contributed by atoms with Crippen molar-refractivity contribution < 1.29 is 9.59 Å². The number of carbonyl (C=O) groups is 2. The number of amides is 2. The van der Waals surface area contributed by atoms with Crippen LogP contribution in [0, 0.1) is 0 Å². The Labute approximate surface area is 95.6 Å². The zero-order chi connectivity index (χ0) is 11.4. The third kappa shape index (κ3) is 2.72. The molecule has 2 fully saturated rings. The zero-order valence-corrected chi connectivity index (χ0v) is 9.50. The molecule has 2 N–H and O–H groups in total. The summed E-state index contributed by atoms with van der Waals surface area (Å²) in [5.74, 6) is 0.113. The number of nitrogens with zero attached hydrogens (tertiary/aromatic N) is 1. The van der Waals surface area contributed by atoms with Crippen LogP contribution in [0.25, 0.3) is 0 Å². The molecule has 0 aliphatic carbocycles. The average Bonchev–Trinajstić information content (AvgIpc) is 2.57. The molecule has 90 valence electrons. The van der Waals surface area contributed by atoms with Gasteiger partial charge in [0.1, 0.15) is 6.04 Å². The van der Waals surface area contributed by atoms with Gasteiger partial charge in [-0.3, -0.25) is 14.9 Å². The fourth-order valence-electron chi connectivity index (χ4n) is 2.25. The van der Waals surface area contributed by atoms with Crippen molar-refractivity contribution in [2.75, 3.05) is 26.2 Å². The van der Waals surface area contributed by atoms with Gasteiger partial charge in [0.25, 0.3) is 0 Å². The summed E-state index contributed by atoms with van der Waals surface area (Å²) in [6, 6.07) is -0.226. The molecule has 2 rings (SSSR count). The van der Waals surface area contributed by atoms with Crippen LogP contribution in [-0.4, -0.2) is 48.9 Å². The second-order valence-corrected chi connectivity index (χ2v) is 4.48. The minimum atomic E-state index is -0.226. The molecule has 0 aromatic heterocycles. The lowest BCUT2D eigenvalue weighted by Gasteiger charge is -2.29. The molecule has 5 nitrogen and oxygen atoms in total. The van der Waals surface area contributed by atoms with Gasteiger partial charge in [0, 0.05) is 19.6 Å². The summed E-state index contributed by atoms with van der Waals surface area (Å²) in [5.41, 5.74) is 0. The highest BCUT2D eigenvalue weighted by Crippen LogP contribution is 2.11. The van der Waals surface area contributed by atoms with E-state index in [1.807, 2.05) is 4.90 Å². The van der Waals surface area contributed by atoms with Crippen molar-refractivity contribution in [3.05, 3.63) is 0 Å². The Bertz CT molecular complexity index is 262. The number of nitrogens with one attached hydrogen (secondary N) is 2. The first kappa shape index (κ1) is 11.4. The first-order valence-corrected chi connectivity index (χ1v) is 6.06. The van der Waals surface area contributed by atoms with Crippen LogP contribution >= 0.6 is 0 Å². The second kappa shape index (κ2) is 5.30. The fourth-order valence-corrected chi connectivity index (χ4v) is 2.25. The van der Waals surface area contributed by atoms with Gasteiger partial charge in [-0.15, -0.1) is 0 Å². The Kier molecular flexibility index (Phi) is 3.77. The van der Waals surface area contributed by atoms with E-state index in [9.17, 15) is 9.59 Å². The Balaban J connectivity index is 1.87. The number of rotatable bonds is 1. The van der Waals surface area contributed by atoms with Crippen LogP contribution in [0.5, 0.6) is 0 Å². The van der Waals surface area contributed by atoms with Crippen LogP contribution in [0.2, 0.25) is 0 Å². The van der Waals surface area contributed by atoms with Crippen LogP contribution in [0.1, 0.15) is 25.7 Å². The second-order valence-electron chi connectivity index (χ2n) is 4.48. The summed E-state index contributed by atoms with van der Waals surface area (Å²) in [6.07, 6.45) is 4.65. The third-order valence-corrected chi connectivity index (χ3v) is 3.23. The summed E-state index contributed by atoms with van der Waals surface area (Å²) >= 11 is 0. The molecule has 2 aliphatic heterocycles. The maximum Gasteiger partial charge on any atom is 0.241 e. The topological polar surface area (TPSA) is 61.4 Å². The van der Waals surface area contributed by atoms with E-state index >= 15 is 0 Å². The van der Waals surface area contributed by atoms with Gasteiger partial charge in [0.15, 0.2) is 0 Å². The predicted molar refractivity (Wildman–Crippen MR) is 59.8 cm³/mol. The smallest absolute Gasteiger partial charge is 0.241 e. The van der Waals surface area contributed by atoms with Gasteiger partial charge in [-0.2, -0.15) is 0 Å². The van der Waals surface area contributed by atoms with Gasteiger partial charge in [-0.25, -0.2) is 0 Å².